The van der Waals surface area contributed by atoms with Crippen LogP contribution < -0.4 is 4.74 Å². The number of phenolic OH excluding ortho intramolecular Hbond substituents is 1. The second-order valence-corrected chi connectivity index (χ2v) is 7.29. The first-order valence-corrected chi connectivity index (χ1v) is 9.19. The monoisotopic (exact) mass is 368 g/mol. The largest absolute Gasteiger partial charge is 0.506 e. The number of fused-ring (bicyclic) bond motifs is 1. The van der Waals surface area contributed by atoms with Crippen LogP contribution in [0.3, 0.4) is 0 Å². The molecular formula is C19H16N2O4S. The summed E-state index contributed by atoms with van der Waals surface area (Å²) >= 11 is 0. The number of sulfone groups is 1. The number of phenols is 1. The predicted octanol–water partition coefficient (Wildman–Crippen LogP) is 4.89. The topological polar surface area (TPSA) is 88.3 Å². The molecule has 132 valence electrons. The summed E-state index contributed by atoms with van der Waals surface area (Å²) in [6, 6.07) is 15.0. The van der Waals surface area contributed by atoms with E-state index < -0.39 is 9.84 Å². The van der Waals surface area contributed by atoms with Crippen molar-refractivity contribution in [2.75, 3.05) is 7.11 Å². The maximum Gasteiger partial charge on any atom is 0.199 e. The van der Waals surface area contributed by atoms with Crippen molar-refractivity contribution in [3.63, 3.8) is 0 Å². The van der Waals surface area contributed by atoms with Crippen molar-refractivity contribution in [2.24, 2.45) is 10.2 Å². The first-order valence-electron chi connectivity index (χ1n) is 7.64. The van der Waals surface area contributed by atoms with Crippen molar-refractivity contribution in [1.82, 2.24) is 0 Å². The molecule has 0 aliphatic rings. The minimum atomic E-state index is -3.61. The molecule has 0 saturated carbocycles. The summed E-state index contributed by atoms with van der Waals surface area (Å²) in [4.78, 5) is 0.0318. The highest BCUT2D eigenvalue weighted by Gasteiger charge is 2.14. The molecular weight excluding hydrogens is 352 g/mol. The quantitative estimate of drug-likeness (QED) is 0.650. The first-order chi connectivity index (χ1) is 12.5. The van der Waals surface area contributed by atoms with E-state index in [2.05, 4.69) is 16.8 Å². The van der Waals surface area contributed by atoms with Gasteiger partial charge in [0.05, 0.1) is 12.0 Å². The molecule has 6 nitrogen and oxygen atoms in total. The second kappa shape index (κ2) is 6.97. The van der Waals surface area contributed by atoms with E-state index in [0.29, 0.717) is 11.4 Å². The summed E-state index contributed by atoms with van der Waals surface area (Å²) in [5, 5.41) is 20.9. The van der Waals surface area contributed by atoms with Gasteiger partial charge in [-0.15, -0.1) is 10.2 Å². The fourth-order valence-corrected chi connectivity index (χ4v) is 3.20. The second-order valence-electron chi connectivity index (χ2n) is 5.40. The van der Waals surface area contributed by atoms with Crippen LogP contribution in [-0.2, 0) is 9.84 Å². The summed E-state index contributed by atoms with van der Waals surface area (Å²) < 4.78 is 29.2. The SMILES string of the molecule is C=CS(=O)(=O)c1ccc(OC)c(N=Nc2c(O)ccc3ccccc23)c1. The molecule has 3 rings (SSSR count). The molecule has 26 heavy (non-hydrogen) atoms. The van der Waals surface area contributed by atoms with Crippen molar-refractivity contribution in [3.8, 4) is 11.5 Å². The highest BCUT2D eigenvalue weighted by Crippen LogP contribution is 2.38. The number of aromatic hydroxyl groups is 1. The maximum absolute atomic E-state index is 12.0. The molecule has 0 radical (unpaired) electrons. The molecule has 1 N–H and O–H groups in total. The van der Waals surface area contributed by atoms with Crippen LogP contribution in [0.15, 0.2) is 81.7 Å². The predicted molar refractivity (Wildman–Crippen MR) is 100 cm³/mol. The van der Waals surface area contributed by atoms with Gasteiger partial charge in [-0.2, -0.15) is 0 Å². The van der Waals surface area contributed by atoms with Crippen molar-refractivity contribution in [1.29, 1.82) is 0 Å². The summed E-state index contributed by atoms with van der Waals surface area (Å²) in [6.07, 6.45) is 0. The standard InChI is InChI=1S/C19H16N2O4S/c1-3-26(23,24)14-9-11-18(25-2)16(12-14)20-21-19-15-7-5-4-6-13(15)8-10-17(19)22/h3-12,22H,1H2,2H3. The summed E-state index contributed by atoms with van der Waals surface area (Å²) in [5.74, 6) is 0.331. The third kappa shape index (κ3) is 3.29. The number of nitrogens with zero attached hydrogens (tertiary/aromatic N) is 2. The third-order valence-corrected chi connectivity index (χ3v) is 5.19. The average Bonchev–Trinajstić information content (AvgIpc) is 2.67. The molecule has 0 saturated heterocycles. The van der Waals surface area contributed by atoms with Crippen LogP contribution in [0.1, 0.15) is 0 Å². The van der Waals surface area contributed by atoms with Gasteiger partial charge in [0.2, 0.25) is 0 Å². The average molecular weight is 368 g/mol. The minimum absolute atomic E-state index is 0.0266. The van der Waals surface area contributed by atoms with Crippen LogP contribution in [0.2, 0.25) is 0 Å². The Morgan fingerprint density at radius 3 is 2.58 bits per heavy atom. The van der Waals surface area contributed by atoms with Crippen molar-refractivity contribution >= 4 is 32.0 Å². The van der Waals surface area contributed by atoms with Gasteiger partial charge in [-0.3, -0.25) is 0 Å². The number of ether oxygens (including phenoxy) is 1. The van der Waals surface area contributed by atoms with Gasteiger partial charge in [0.15, 0.2) is 9.84 Å². The van der Waals surface area contributed by atoms with E-state index >= 15 is 0 Å². The van der Waals surface area contributed by atoms with Gasteiger partial charge in [-0.25, -0.2) is 8.42 Å². The lowest BCUT2D eigenvalue weighted by atomic mass is 10.1. The van der Waals surface area contributed by atoms with Crippen LogP contribution >= 0.6 is 0 Å². The Morgan fingerprint density at radius 1 is 1.08 bits per heavy atom. The molecule has 0 unspecified atom stereocenters. The number of rotatable bonds is 5. The van der Waals surface area contributed by atoms with E-state index in [-0.39, 0.29) is 16.3 Å². The van der Waals surface area contributed by atoms with E-state index in [1.54, 1.807) is 6.07 Å². The molecule has 3 aromatic rings. The van der Waals surface area contributed by atoms with E-state index in [1.165, 1.54) is 31.4 Å². The molecule has 0 fully saturated rings. The van der Waals surface area contributed by atoms with Crippen molar-refractivity contribution in [2.45, 2.75) is 4.90 Å². The van der Waals surface area contributed by atoms with Gasteiger partial charge in [-0.1, -0.05) is 36.9 Å². The van der Waals surface area contributed by atoms with Gasteiger partial charge in [0.1, 0.15) is 22.9 Å². The Labute approximate surface area is 151 Å². The van der Waals surface area contributed by atoms with Crippen molar-refractivity contribution < 1.29 is 18.3 Å². The van der Waals surface area contributed by atoms with Gasteiger partial charge in [-0.05, 0) is 29.7 Å². The molecule has 0 amide bonds. The number of hydrogen-bond acceptors (Lipinski definition) is 6. The van der Waals surface area contributed by atoms with Crippen LogP contribution in [0.5, 0.6) is 11.5 Å². The highest BCUT2D eigenvalue weighted by molar-refractivity contribution is 7.94. The molecule has 0 aliphatic carbocycles. The van der Waals surface area contributed by atoms with Gasteiger partial charge in [0.25, 0.3) is 0 Å². The molecule has 0 atom stereocenters. The van der Waals surface area contributed by atoms with Crippen LogP contribution in [0, 0.1) is 0 Å². The molecule has 0 aromatic heterocycles. The Morgan fingerprint density at radius 2 is 1.85 bits per heavy atom. The molecule has 0 heterocycles. The van der Waals surface area contributed by atoms with Crippen molar-refractivity contribution in [3.05, 3.63) is 66.6 Å². The number of benzene rings is 3. The Bertz CT molecular complexity index is 1120. The first kappa shape index (κ1) is 17.6. The smallest absolute Gasteiger partial charge is 0.199 e. The minimum Gasteiger partial charge on any atom is -0.506 e. The summed E-state index contributed by atoms with van der Waals surface area (Å²) in [5.41, 5.74) is 0.518. The normalized spacial score (nSPS) is 11.7. The van der Waals surface area contributed by atoms with Crippen LogP contribution in [0.25, 0.3) is 10.8 Å². The zero-order chi connectivity index (χ0) is 18.7. The lowest BCUT2D eigenvalue weighted by Crippen LogP contribution is -1.95. The Balaban J connectivity index is 2.13. The fourth-order valence-electron chi connectivity index (χ4n) is 2.47. The maximum atomic E-state index is 12.0. The number of hydrogen-bond donors (Lipinski definition) is 1. The van der Waals surface area contributed by atoms with Crippen LogP contribution in [-0.4, -0.2) is 20.6 Å². The van der Waals surface area contributed by atoms with E-state index in [1.807, 2.05) is 24.3 Å². The molecule has 3 aromatic carbocycles. The van der Waals surface area contributed by atoms with Gasteiger partial charge < -0.3 is 9.84 Å². The van der Waals surface area contributed by atoms with E-state index in [9.17, 15) is 13.5 Å². The lowest BCUT2D eigenvalue weighted by Gasteiger charge is -2.07. The third-order valence-electron chi connectivity index (χ3n) is 3.84. The van der Waals surface area contributed by atoms with E-state index in [0.717, 1.165) is 16.2 Å². The molecule has 0 bridgehead atoms. The highest BCUT2D eigenvalue weighted by atomic mass is 32.2. The lowest BCUT2D eigenvalue weighted by molar-refractivity contribution is 0.415. The molecule has 0 aliphatic heterocycles. The molecule has 7 heteroatoms. The van der Waals surface area contributed by atoms with Gasteiger partial charge >= 0.3 is 0 Å². The van der Waals surface area contributed by atoms with Crippen LogP contribution in [0.4, 0.5) is 11.4 Å². The van der Waals surface area contributed by atoms with E-state index in [4.69, 9.17) is 4.74 Å². The zero-order valence-corrected chi connectivity index (χ0v) is 14.8. The zero-order valence-electron chi connectivity index (χ0n) is 14.0. The summed E-state index contributed by atoms with van der Waals surface area (Å²) in [7, 11) is -2.16. The number of azo groups is 1. The summed E-state index contributed by atoms with van der Waals surface area (Å²) in [6.45, 7) is 3.31. The molecule has 0 spiro atoms. The Hall–Kier alpha value is -3.19. The number of methoxy groups -OCH3 is 1. The Kier molecular flexibility index (Phi) is 4.73. The fraction of sp³-hybridized carbons (Fsp3) is 0.0526. The van der Waals surface area contributed by atoms with Gasteiger partial charge in [0, 0.05) is 10.8 Å².